The fourth-order valence-electron chi connectivity index (χ4n) is 3.48. The van der Waals surface area contributed by atoms with E-state index < -0.39 is 5.60 Å². The zero-order valence-corrected chi connectivity index (χ0v) is 15.9. The molecule has 3 N–H and O–H groups in total. The highest BCUT2D eigenvalue weighted by molar-refractivity contribution is 5.89. The maximum Gasteiger partial charge on any atom is 0.410 e. The fraction of sp³-hybridized carbons (Fsp3) is 0.722. The lowest BCUT2D eigenvalue weighted by atomic mass is 9.96. The Labute approximate surface area is 154 Å². The van der Waals surface area contributed by atoms with Crippen molar-refractivity contribution in [3.05, 3.63) is 11.3 Å². The molecule has 2 aliphatic rings. The minimum Gasteiger partial charge on any atom is -0.444 e. The monoisotopic (exact) mass is 363 g/mol. The first-order valence-electron chi connectivity index (χ1n) is 9.43. The number of nitrogens with one attached hydrogen (secondary N) is 3. The minimum atomic E-state index is -0.519. The summed E-state index contributed by atoms with van der Waals surface area (Å²) < 4.78 is 5.42. The lowest BCUT2D eigenvalue weighted by molar-refractivity contribution is 0.0221. The molecule has 144 valence electrons. The Bertz CT molecular complexity index is 658. The highest BCUT2D eigenvalue weighted by Crippen LogP contribution is 2.25. The molecular formula is C18H29N5O3. The van der Waals surface area contributed by atoms with Crippen LogP contribution in [0.5, 0.6) is 0 Å². The van der Waals surface area contributed by atoms with E-state index in [1.165, 1.54) is 19.3 Å². The molecule has 0 saturated heterocycles. The number of hydrogen-bond acceptors (Lipinski definition) is 4. The molecule has 8 nitrogen and oxygen atoms in total. The van der Waals surface area contributed by atoms with Gasteiger partial charge in [0.05, 0.1) is 12.2 Å². The third-order valence-corrected chi connectivity index (χ3v) is 4.76. The van der Waals surface area contributed by atoms with Gasteiger partial charge in [-0.15, -0.1) is 0 Å². The molecule has 0 atom stereocenters. The van der Waals surface area contributed by atoms with E-state index in [0.717, 1.165) is 24.1 Å². The van der Waals surface area contributed by atoms with E-state index in [0.29, 0.717) is 25.3 Å². The number of nitrogens with zero attached hydrogens (tertiary/aromatic N) is 2. The second-order valence-corrected chi connectivity index (χ2v) is 8.11. The normalized spacial score (nSPS) is 18.2. The van der Waals surface area contributed by atoms with Gasteiger partial charge in [0.25, 0.3) is 0 Å². The number of carbonyl (C=O) groups is 2. The number of fused-ring (bicyclic) bond motifs is 1. The summed E-state index contributed by atoms with van der Waals surface area (Å²) in [4.78, 5) is 26.1. The summed E-state index contributed by atoms with van der Waals surface area (Å²) in [5.74, 6) is 0.553. The minimum absolute atomic E-state index is 0.208. The lowest BCUT2D eigenvalue weighted by Gasteiger charge is -2.29. The van der Waals surface area contributed by atoms with Gasteiger partial charge in [-0.25, -0.2) is 9.59 Å². The van der Waals surface area contributed by atoms with E-state index >= 15 is 0 Å². The Kier molecular flexibility index (Phi) is 5.38. The molecule has 0 bridgehead atoms. The van der Waals surface area contributed by atoms with Crippen LogP contribution in [0.1, 0.15) is 64.1 Å². The Morgan fingerprint density at radius 1 is 1.23 bits per heavy atom. The second-order valence-electron chi connectivity index (χ2n) is 8.11. The van der Waals surface area contributed by atoms with Gasteiger partial charge in [0, 0.05) is 18.2 Å². The van der Waals surface area contributed by atoms with E-state index in [9.17, 15) is 9.59 Å². The van der Waals surface area contributed by atoms with Crippen LogP contribution in [0, 0.1) is 0 Å². The summed E-state index contributed by atoms with van der Waals surface area (Å²) in [6.07, 6.45) is 5.97. The molecule has 26 heavy (non-hydrogen) atoms. The first-order valence-corrected chi connectivity index (χ1v) is 9.43. The maximum absolute atomic E-state index is 12.2. The van der Waals surface area contributed by atoms with Gasteiger partial charge >= 0.3 is 12.1 Å². The third kappa shape index (κ3) is 4.68. The van der Waals surface area contributed by atoms with Crippen molar-refractivity contribution in [2.24, 2.45) is 0 Å². The van der Waals surface area contributed by atoms with E-state index in [4.69, 9.17) is 4.74 Å². The van der Waals surface area contributed by atoms with Crippen LogP contribution in [0.15, 0.2) is 0 Å². The predicted octanol–water partition coefficient (Wildman–Crippen LogP) is 3.16. The molecule has 1 aliphatic heterocycles. The first-order chi connectivity index (χ1) is 12.3. The molecule has 0 radical (unpaired) electrons. The van der Waals surface area contributed by atoms with Crippen LogP contribution in [0.2, 0.25) is 0 Å². The average Bonchev–Trinajstić information content (AvgIpc) is 2.96. The van der Waals surface area contributed by atoms with Crippen LogP contribution in [-0.4, -0.2) is 45.4 Å². The molecule has 1 saturated carbocycles. The molecule has 1 aromatic heterocycles. The Balaban J connectivity index is 1.57. The standard InChI is InChI=1S/C18H29N5O3/c1-18(2,3)26-17(25)23-10-9-13-14(11-23)21-22-15(13)20-16(24)19-12-7-5-4-6-8-12/h12H,4-11H2,1-3H3,(H3,19,20,21,22,24). The molecule has 1 fully saturated rings. The van der Waals surface area contributed by atoms with Crippen molar-refractivity contribution in [3.8, 4) is 0 Å². The largest absolute Gasteiger partial charge is 0.444 e. The smallest absolute Gasteiger partial charge is 0.410 e. The summed E-state index contributed by atoms with van der Waals surface area (Å²) in [5.41, 5.74) is 1.29. The van der Waals surface area contributed by atoms with Crippen molar-refractivity contribution in [2.75, 3.05) is 11.9 Å². The Morgan fingerprint density at radius 3 is 2.65 bits per heavy atom. The van der Waals surface area contributed by atoms with Crippen molar-refractivity contribution in [3.63, 3.8) is 0 Å². The second kappa shape index (κ2) is 7.55. The number of urea groups is 1. The number of aromatic amines is 1. The molecule has 3 amide bonds. The van der Waals surface area contributed by atoms with Crippen molar-refractivity contribution < 1.29 is 14.3 Å². The van der Waals surface area contributed by atoms with Crippen LogP contribution in [0.3, 0.4) is 0 Å². The Hall–Kier alpha value is -2.25. The average molecular weight is 363 g/mol. The van der Waals surface area contributed by atoms with Crippen LogP contribution in [0.25, 0.3) is 0 Å². The third-order valence-electron chi connectivity index (χ3n) is 4.76. The van der Waals surface area contributed by atoms with Crippen molar-refractivity contribution in [2.45, 2.75) is 77.5 Å². The summed E-state index contributed by atoms with van der Waals surface area (Å²) >= 11 is 0. The van der Waals surface area contributed by atoms with Gasteiger partial charge in [0.2, 0.25) is 0 Å². The molecule has 0 spiro atoms. The molecule has 1 aromatic rings. The number of H-pyrrole nitrogens is 1. The van der Waals surface area contributed by atoms with Crippen molar-refractivity contribution in [1.82, 2.24) is 20.4 Å². The summed E-state index contributed by atoms with van der Waals surface area (Å²) in [6.45, 7) is 6.50. The number of aromatic nitrogens is 2. The van der Waals surface area contributed by atoms with Gasteiger partial charge in [-0.1, -0.05) is 19.3 Å². The van der Waals surface area contributed by atoms with E-state index in [-0.39, 0.29) is 18.2 Å². The highest BCUT2D eigenvalue weighted by atomic mass is 16.6. The van der Waals surface area contributed by atoms with Gasteiger partial charge in [-0.2, -0.15) is 5.10 Å². The summed E-state index contributed by atoms with van der Waals surface area (Å²) in [7, 11) is 0. The van der Waals surface area contributed by atoms with Crippen molar-refractivity contribution in [1.29, 1.82) is 0 Å². The molecular weight excluding hydrogens is 334 g/mol. The zero-order valence-electron chi connectivity index (χ0n) is 15.9. The summed E-state index contributed by atoms with van der Waals surface area (Å²) in [6, 6.07) is 0.0435. The van der Waals surface area contributed by atoms with Crippen LogP contribution in [0.4, 0.5) is 15.4 Å². The molecule has 3 rings (SSSR count). The fourth-order valence-corrected chi connectivity index (χ4v) is 3.48. The number of carbonyl (C=O) groups excluding carboxylic acids is 2. The van der Waals surface area contributed by atoms with Gasteiger partial charge in [0.15, 0.2) is 5.82 Å². The predicted molar refractivity (Wildman–Crippen MR) is 98.0 cm³/mol. The van der Waals surface area contributed by atoms with Crippen molar-refractivity contribution >= 4 is 17.9 Å². The van der Waals surface area contributed by atoms with Gasteiger partial charge in [-0.05, 0) is 40.0 Å². The van der Waals surface area contributed by atoms with E-state index in [1.807, 2.05) is 20.8 Å². The number of hydrogen-bond donors (Lipinski definition) is 3. The quantitative estimate of drug-likeness (QED) is 0.751. The van der Waals surface area contributed by atoms with Gasteiger partial charge in [-0.3, -0.25) is 10.4 Å². The van der Waals surface area contributed by atoms with Crippen LogP contribution < -0.4 is 10.6 Å². The van der Waals surface area contributed by atoms with Gasteiger partial charge < -0.3 is 15.0 Å². The highest BCUT2D eigenvalue weighted by Gasteiger charge is 2.29. The molecule has 8 heteroatoms. The molecule has 0 unspecified atom stereocenters. The number of ether oxygens (including phenoxy) is 1. The Morgan fingerprint density at radius 2 is 1.96 bits per heavy atom. The molecule has 1 aliphatic carbocycles. The van der Waals surface area contributed by atoms with Crippen LogP contribution in [-0.2, 0) is 17.7 Å². The maximum atomic E-state index is 12.2. The number of amides is 3. The van der Waals surface area contributed by atoms with Crippen LogP contribution >= 0.6 is 0 Å². The number of anilines is 1. The zero-order chi connectivity index (χ0) is 18.7. The lowest BCUT2D eigenvalue weighted by Crippen LogP contribution is -2.40. The van der Waals surface area contributed by atoms with Gasteiger partial charge in [0.1, 0.15) is 5.60 Å². The van der Waals surface area contributed by atoms with E-state index in [2.05, 4.69) is 20.8 Å². The molecule has 2 heterocycles. The molecule has 0 aromatic carbocycles. The topological polar surface area (TPSA) is 99.3 Å². The van der Waals surface area contributed by atoms with E-state index in [1.54, 1.807) is 4.90 Å². The first kappa shape index (κ1) is 18.5. The summed E-state index contributed by atoms with van der Waals surface area (Å²) in [5, 5.41) is 13.0. The SMILES string of the molecule is CC(C)(C)OC(=O)N1CCc2c(NC(=O)NC3CCCCC3)n[nH]c2C1. The number of rotatable bonds is 2.